The molecule has 26 heavy (non-hydrogen) atoms. The summed E-state index contributed by atoms with van der Waals surface area (Å²) >= 11 is 0. The number of hydrogen-bond acceptors (Lipinski definition) is 6. The van der Waals surface area contributed by atoms with E-state index in [1.165, 1.54) is 10.7 Å². The highest BCUT2D eigenvalue weighted by Gasteiger charge is 2.21. The van der Waals surface area contributed by atoms with Gasteiger partial charge in [0.2, 0.25) is 0 Å². The molecule has 1 aromatic heterocycles. The normalized spacial score (nSPS) is 11.8. The molecule has 0 spiro atoms. The SMILES string of the molecule is CC(C)C[C@H](NC(=O)NCc1cn(-c2cccc(O)c2)nn1)C(=O)NO. The maximum Gasteiger partial charge on any atom is 0.315 e. The standard InChI is InChI=1S/C16H22N6O4/c1-10(2)6-14(15(24)20-26)18-16(25)17-8-11-9-22(21-19-11)12-4-3-5-13(23)7-12/h3-5,7,9-10,14,23,26H,6,8H2,1-2H3,(H,20,24)(H2,17,18,25)/t14-/m0/s1. The van der Waals surface area contributed by atoms with E-state index >= 15 is 0 Å². The summed E-state index contributed by atoms with van der Waals surface area (Å²) in [6.07, 6.45) is 1.99. The van der Waals surface area contributed by atoms with Crippen LogP contribution in [0.15, 0.2) is 30.5 Å². The Hall–Kier alpha value is -3.14. The summed E-state index contributed by atoms with van der Waals surface area (Å²) in [5.74, 6) is -0.418. The molecule has 0 radical (unpaired) electrons. The van der Waals surface area contributed by atoms with Gasteiger partial charge in [-0.2, -0.15) is 0 Å². The Kier molecular flexibility index (Phi) is 6.50. The summed E-state index contributed by atoms with van der Waals surface area (Å²) in [5, 5.41) is 31.2. The van der Waals surface area contributed by atoms with Gasteiger partial charge in [0.1, 0.15) is 17.5 Å². The predicted molar refractivity (Wildman–Crippen MR) is 91.6 cm³/mol. The van der Waals surface area contributed by atoms with E-state index in [-0.39, 0.29) is 18.2 Å². The van der Waals surface area contributed by atoms with Crippen LogP contribution in [0.5, 0.6) is 5.75 Å². The Morgan fingerprint density at radius 3 is 2.73 bits per heavy atom. The number of aromatic hydroxyl groups is 1. The first-order valence-electron chi connectivity index (χ1n) is 8.08. The number of carbonyl (C=O) groups excluding carboxylic acids is 2. The van der Waals surface area contributed by atoms with Crippen LogP contribution in [0, 0.1) is 5.92 Å². The number of aromatic nitrogens is 3. The van der Waals surface area contributed by atoms with Crippen LogP contribution in [0.3, 0.4) is 0 Å². The van der Waals surface area contributed by atoms with Gasteiger partial charge in [0.15, 0.2) is 0 Å². The second-order valence-electron chi connectivity index (χ2n) is 6.16. The molecular weight excluding hydrogens is 340 g/mol. The summed E-state index contributed by atoms with van der Waals surface area (Å²) in [6.45, 7) is 3.90. The minimum atomic E-state index is -0.844. The van der Waals surface area contributed by atoms with Crippen molar-refractivity contribution in [1.82, 2.24) is 31.1 Å². The highest BCUT2D eigenvalue weighted by Crippen LogP contribution is 2.14. The first-order chi connectivity index (χ1) is 12.4. The van der Waals surface area contributed by atoms with Crippen LogP contribution in [0.1, 0.15) is 26.0 Å². The van der Waals surface area contributed by atoms with Crippen molar-refractivity contribution in [3.8, 4) is 11.4 Å². The molecule has 10 nitrogen and oxygen atoms in total. The fourth-order valence-corrected chi connectivity index (χ4v) is 2.30. The molecule has 1 heterocycles. The molecule has 0 fully saturated rings. The molecule has 1 aromatic carbocycles. The van der Waals surface area contributed by atoms with E-state index < -0.39 is 18.0 Å². The maximum atomic E-state index is 12.0. The number of hydrogen-bond donors (Lipinski definition) is 5. The molecule has 0 aliphatic carbocycles. The molecule has 0 aliphatic heterocycles. The lowest BCUT2D eigenvalue weighted by atomic mass is 10.0. The predicted octanol–water partition coefficient (Wildman–Crippen LogP) is 0.692. The minimum Gasteiger partial charge on any atom is -0.508 e. The van der Waals surface area contributed by atoms with Crippen LogP contribution < -0.4 is 16.1 Å². The van der Waals surface area contributed by atoms with E-state index in [4.69, 9.17) is 5.21 Å². The lowest BCUT2D eigenvalue weighted by Crippen LogP contribution is -2.49. The van der Waals surface area contributed by atoms with E-state index in [0.717, 1.165) is 0 Å². The smallest absolute Gasteiger partial charge is 0.315 e. The molecule has 3 amide bonds. The van der Waals surface area contributed by atoms with E-state index in [1.807, 2.05) is 13.8 Å². The Balaban J connectivity index is 1.92. The number of benzene rings is 1. The number of amides is 3. The largest absolute Gasteiger partial charge is 0.508 e. The molecule has 2 rings (SSSR count). The number of nitrogens with zero attached hydrogens (tertiary/aromatic N) is 3. The monoisotopic (exact) mass is 362 g/mol. The third-order valence-corrected chi connectivity index (χ3v) is 3.50. The summed E-state index contributed by atoms with van der Waals surface area (Å²) in [6, 6.07) is 5.10. The van der Waals surface area contributed by atoms with E-state index in [1.54, 1.807) is 29.9 Å². The first-order valence-corrected chi connectivity index (χ1v) is 8.08. The molecule has 0 bridgehead atoms. The van der Waals surface area contributed by atoms with Crippen molar-refractivity contribution in [3.63, 3.8) is 0 Å². The van der Waals surface area contributed by atoms with Crippen molar-refractivity contribution in [2.45, 2.75) is 32.9 Å². The summed E-state index contributed by atoms with van der Waals surface area (Å²) in [7, 11) is 0. The average molecular weight is 362 g/mol. The molecule has 10 heteroatoms. The molecule has 0 saturated heterocycles. The second-order valence-corrected chi connectivity index (χ2v) is 6.16. The zero-order chi connectivity index (χ0) is 19.1. The third-order valence-electron chi connectivity index (χ3n) is 3.50. The van der Waals surface area contributed by atoms with Gasteiger partial charge < -0.3 is 15.7 Å². The zero-order valence-corrected chi connectivity index (χ0v) is 14.5. The summed E-state index contributed by atoms with van der Waals surface area (Å²) < 4.78 is 1.47. The van der Waals surface area contributed by atoms with E-state index in [2.05, 4.69) is 20.9 Å². The summed E-state index contributed by atoms with van der Waals surface area (Å²) in [4.78, 5) is 23.6. The lowest BCUT2D eigenvalue weighted by Gasteiger charge is -2.18. The molecule has 0 saturated carbocycles. The topological polar surface area (TPSA) is 141 Å². The van der Waals surface area contributed by atoms with Gasteiger partial charge in [-0.1, -0.05) is 25.1 Å². The average Bonchev–Trinajstić information content (AvgIpc) is 3.07. The van der Waals surface area contributed by atoms with E-state index in [9.17, 15) is 14.7 Å². The van der Waals surface area contributed by atoms with Crippen molar-refractivity contribution >= 4 is 11.9 Å². The van der Waals surface area contributed by atoms with Gasteiger partial charge in [0, 0.05) is 6.07 Å². The number of nitrogens with one attached hydrogen (secondary N) is 3. The van der Waals surface area contributed by atoms with Crippen LogP contribution in [0.2, 0.25) is 0 Å². The number of urea groups is 1. The number of rotatable bonds is 7. The molecule has 2 aromatic rings. The van der Waals surface area contributed by atoms with Gasteiger partial charge in [-0.25, -0.2) is 15.0 Å². The highest BCUT2D eigenvalue weighted by atomic mass is 16.5. The molecular formula is C16H22N6O4. The van der Waals surface area contributed by atoms with Gasteiger partial charge in [-0.05, 0) is 24.5 Å². The van der Waals surface area contributed by atoms with Crippen LogP contribution in [-0.2, 0) is 11.3 Å². The van der Waals surface area contributed by atoms with Crippen LogP contribution in [0.4, 0.5) is 4.79 Å². The molecule has 1 atom stereocenters. The number of phenols is 1. The Morgan fingerprint density at radius 1 is 1.31 bits per heavy atom. The van der Waals surface area contributed by atoms with Crippen LogP contribution >= 0.6 is 0 Å². The molecule has 140 valence electrons. The van der Waals surface area contributed by atoms with Crippen LogP contribution in [-0.4, -0.2) is 43.3 Å². The summed E-state index contributed by atoms with van der Waals surface area (Å²) in [5.41, 5.74) is 2.67. The van der Waals surface area contributed by atoms with Crippen molar-refractivity contribution < 1.29 is 19.9 Å². The number of carbonyl (C=O) groups is 2. The van der Waals surface area contributed by atoms with Gasteiger partial charge in [0.05, 0.1) is 18.4 Å². The van der Waals surface area contributed by atoms with Crippen molar-refractivity contribution in [3.05, 3.63) is 36.2 Å². The minimum absolute atomic E-state index is 0.0970. The van der Waals surface area contributed by atoms with Crippen LogP contribution in [0.25, 0.3) is 5.69 Å². The van der Waals surface area contributed by atoms with E-state index in [0.29, 0.717) is 17.8 Å². The van der Waals surface area contributed by atoms with Crippen molar-refractivity contribution in [2.75, 3.05) is 0 Å². The van der Waals surface area contributed by atoms with Crippen molar-refractivity contribution in [1.29, 1.82) is 0 Å². The zero-order valence-electron chi connectivity index (χ0n) is 14.5. The lowest BCUT2D eigenvalue weighted by molar-refractivity contribution is -0.131. The molecule has 0 unspecified atom stereocenters. The second kappa shape index (κ2) is 8.81. The molecule has 0 aliphatic rings. The number of hydroxylamine groups is 1. The highest BCUT2D eigenvalue weighted by molar-refractivity contribution is 5.86. The quantitative estimate of drug-likeness (QED) is 0.362. The number of phenolic OH excluding ortho intramolecular Hbond substituents is 1. The Bertz CT molecular complexity index is 761. The van der Waals surface area contributed by atoms with Crippen molar-refractivity contribution in [2.24, 2.45) is 5.92 Å². The Morgan fingerprint density at radius 2 is 2.08 bits per heavy atom. The molecule has 5 N–H and O–H groups in total. The van der Waals surface area contributed by atoms with Gasteiger partial charge in [-0.15, -0.1) is 5.10 Å². The maximum absolute atomic E-state index is 12.0. The van der Waals surface area contributed by atoms with Gasteiger partial charge in [-0.3, -0.25) is 10.0 Å². The fraction of sp³-hybridized carbons (Fsp3) is 0.375. The fourth-order valence-electron chi connectivity index (χ4n) is 2.30. The van der Waals surface area contributed by atoms with Gasteiger partial charge in [0.25, 0.3) is 5.91 Å². The van der Waals surface area contributed by atoms with Gasteiger partial charge >= 0.3 is 6.03 Å². The Labute approximate surface area is 150 Å². The third kappa shape index (κ3) is 5.45. The first kappa shape index (κ1) is 19.2.